The van der Waals surface area contributed by atoms with Gasteiger partial charge in [0.15, 0.2) is 0 Å². The molecule has 26 heavy (non-hydrogen) atoms. The zero-order chi connectivity index (χ0) is 18.3. The maximum Gasteiger partial charge on any atom is 0.144 e. The Hall–Kier alpha value is -3.32. The lowest BCUT2D eigenvalue weighted by Gasteiger charge is -2.31. The number of imidazole rings is 1. The van der Waals surface area contributed by atoms with Crippen molar-refractivity contribution in [3.63, 3.8) is 0 Å². The molecule has 1 aliphatic heterocycles. The van der Waals surface area contributed by atoms with Crippen molar-refractivity contribution in [3.05, 3.63) is 77.6 Å². The monoisotopic (exact) mass is 341 g/mol. The standard InChI is InChI=1S/C22H19N3O/c1-15-4-7-17(8-5-15)21-24-10-11-25(21)19-13-22(2,3)26-20-9-6-16(14-23)12-18(19)20/h4-13H,1-3H3. The van der Waals surface area contributed by atoms with Crippen LogP contribution in [0.5, 0.6) is 5.75 Å². The van der Waals surface area contributed by atoms with Crippen molar-refractivity contribution in [2.45, 2.75) is 26.4 Å². The van der Waals surface area contributed by atoms with Crippen molar-refractivity contribution in [1.82, 2.24) is 9.55 Å². The number of ether oxygens (including phenoxy) is 1. The van der Waals surface area contributed by atoms with Gasteiger partial charge < -0.3 is 4.74 Å². The van der Waals surface area contributed by atoms with Crippen LogP contribution in [0.4, 0.5) is 0 Å². The molecule has 0 aliphatic carbocycles. The van der Waals surface area contributed by atoms with E-state index in [0.29, 0.717) is 5.56 Å². The van der Waals surface area contributed by atoms with Crippen LogP contribution < -0.4 is 4.74 Å². The molecule has 128 valence electrons. The Bertz CT molecular complexity index is 1050. The molecule has 0 radical (unpaired) electrons. The molecule has 0 N–H and O–H groups in total. The fourth-order valence-corrected chi connectivity index (χ4v) is 3.22. The summed E-state index contributed by atoms with van der Waals surface area (Å²) in [4.78, 5) is 4.57. The summed E-state index contributed by atoms with van der Waals surface area (Å²) in [5.41, 5.74) is 4.28. The maximum atomic E-state index is 9.29. The minimum Gasteiger partial charge on any atom is -0.483 e. The minimum absolute atomic E-state index is 0.453. The number of aryl methyl sites for hydroxylation is 1. The SMILES string of the molecule is Cc1ccc(-c2nccn2C2=CC(C)(C)Oc3ccc(C#N)cc32)cc1. The van der Waals surface area contributed by atoms with Gasteiger partial charge in [0.05, 0.1) is 17.3 Å². The van der Waals surface area contributed by atoms with E-state index in [0.717, 1.165) is 28.4 Å². The molecule has 4 rings (SSSR count). The molecule has 0 amide bonds. The number of nitriles is 1. The molecule has 4 nitrogen and oxygen atoms in total. The lowest BCUT2D eigenvalue weighted by molar-refractivity contribution is 0.157. The summed E-state index contributed by atoms with van der Waals surface area (Å²) in [6.45, 7) is 6.12. The van der Waals surface area contributed by atoms with Crippen molar-refractivity contribution >= 4 is 5.70 Å². The molecular formula is C22H19N3O. The molecule has 0 spiro atoms. The van der Waals surface area contributed by atoms with Crippen molar-refractivity contribution in [2.24, 2.45) is 0 Å². The van der Waals surface area contributed by atoms with Gasteiger partial charge in [0.1, 0.15) is 17.2 Å². The van der Waals surface area contributed by atoms with Crippen LogP contribution in [0.2, 0.25) is 0 Å². The lowest BCUT2D eigenvalue weighted by atomic mass is 9.97. The van der Waals surface area contributed by atoms with Crippen LogP contribution in [-0.2, 0) is 0 Å². The van der Waals surface area contributed by atoms with Gasteiger partial charge in [0.25, 0.3) is 0 Å². The zero-order valence-corrected chi connectivity index (χ0v) is 15.0. The molecule has 0 fully saturated rings. The average Bonchev–Trinajstić information content (AvgIpc) is 3.10. The Labute approximate surface area is 153 Å². The molecular weight excluding hydrogens is 322 g/mol. The van der Waals surface area contributed by atoms with Gasteiger partial charge in [0, 0.05) is 23.5 Å². The molecule has 1 aromatic heterocycles. The third-order valence-electron chi connectivity index (χ3n) is 4.45. The number of hydrogen-bond acceptors (Lipinski definition) is 3. The summed E-state index contributed by atoms with van der Waals surface area (Å²) in [6, 6.07) is 16.0. The summed E-state index contributed by atoms with van der Waals surface area (Å²) in [7, 11) is 0. The van der Waals surface area contributed by atoms with Crippen LogP contribution in [0.1, 0.15) is 30.5 Å². The summed E-state index contributed by atoms with van der Waals surface area (Å²) in [5, 5.41) is 9.29. The quantitative estimate of drug-likeness (QED) is 0.673. The van der Waals surface area contributed by atoms with E-state index in [-0.39, 0.29) is 0 Å². The van der Waals surface area contributed by atoms with Gasteiger partial charge in [-0.15, -0.1) is 0 Å². The Kier molecular flexibility index (Phi) is 3.66. The van der Waals surface area contributed by atoms with Gasteiger partial charge in [-0.1, -0.05) is 29.8 Å². The fraction of sp³-hybridized carbons (Fsp3) is 0.182. The number of hydrogen-bond donors (Lipinski definition) is 0. The first-order valence-electron chi connectivity index (χ1n) is 8.54. The predicted molar refractivity (Wildman–Crippen MR) is 102 cm³/mol. The normalized spacial score (nSPS) is 14.8. The van der Waals surface area contributed by atoms with Crippen LogP contribution in [0, 0.1) is 18.3 Å². The maximum absolute atomic E-state index is 9.29. The first kappa shape index (κ1) is 16.2. The number of rotatable bonds is 2. The number of benzene rings is 2. The minimum atomic E-state index is -0.453. The smallest absolute Gasteiger partial charge is 0.144 e. The molecule has 0 unspecified atom stereocenters. The summed E-state index contributed by atoms with van der Waals surface area (Å²) < 4.78 is 8.15. The van der Waals surface area contributed by atoms with Gasteiger partial charge in [-0.25, -0.2) is 4.98 Å². The van der Waals surface area contributed by atoms with Crippen LogP contribution in [0.25, 0.3) is 17.1 Å². The number of aromatic nitrogens is 2. The van der Waals surface area contributed by atoms with Crippen LogP contribution in [-0.4, -0.2) is 15.2 Å². The molecule has 4 heteroatoms. The first-order valence-corrected chi connectivity index (χ1v) is 8.54. The predicted octanol–water partition coefficient (Wildman–Crippen LogP) is 4.79. The van der Waals surface area contributed by atoms with E-state index < -0.39 is 5.60 Å². The molecule has 0 saturated carbocycles. The molecule has 0 bridgehead atoms. The summed E-state index contributed by atoms with van der Waals surface area (Å²) in [6.07, 6.45) is 5.83. The molecule has 1 aliphatic rings. The second kappa shape index (κ2) is 5.89. The second-order valence-electron chi connectivity index (χ2n) is 7.04. The Morgan fingerprint density at radius 3 is 2.62 bits per heavy atom. The van der Waals surface area contributed by atoms with Gasteiger partial charge in [0.2, 0.25) is 0 Å². The van der Waals surface area contributed by atoms with E-state index >= 15 is 0 Å². The van der Waals surface area contributed by atoms with Gasteiger partial charge in [-0.3, -0.25) is 4.57 Å². The molecule has 0 atom stereocenters. The number of fused-ring (bicyclic) bond motifs is 1. The molecule has 3 aromatic rings. The second-order valence-corrected chi connectivity index (χ2v) is 7.04. The Morgan fingerprint density at radius 2 is 1.88 bits per heavy atom. The topological polar surface area (TPSA) is 50.8 Å². The molecule has 0 saturated heterocycles. The van der Waals surface area contributed by atoms with Crippen molar-refractivity contribution in [1.29, 1.82) is 5.26 Å². The lowest BCUT2D eigenvalue weighted by Crippen LogP contribution is -2.30. The van der Waals surface area contributed by atoms with Gasteiger partial charge >= 0.3 is 0 Å². The highest BCUT2D eigenvalue weighted by molar-refractivity contribution is 5.77. The van der Waals surface area contributed by atoms with E-state index in [4.69, 9.17) is 4.74 Å². The highest BCUT2D eigenvalue weighted by Gasteiger charge is 2.28. The fourth-order valence-electron chi connectivity index (χ4n) is 3.22. The summed E-state index contributed by atoms with van der Waals surface area (Å²) in [5.74, 6) is 1.64. The van der Waals surface area contributed by atoms with Crippen LogP contribution in [0.15, 0.2) is 60.9 Å². The van der Waals surface area contributed by atoms with E-state index in [1.807, 2.05) is 32.2 Å². The first-order chi connectivity index (χ1) is 12.5. The van der Waals surface area contributed by atoms with Crippen LogP contribution >= 0.6 is 0 Å². The van der Waals surface area contributed by atoms with E-state index in [1.165, 1.54) is 5.56 Å². The molecule has 2 aromatic carbocycles. The number of nitrogens with zero attached hydrogens (tertiary/aromatic N) is 3. The Balaban J connectivity index is 1.91. The summed E-state index contributed by atoms with van der Waals surface area (Å²) >= 11 is 0. The van der Waals surface area contributed by atoms with Crippen molar-refractivity contribution < 1.29 is 4.74 Å². The van der Waals surface area contributed by atoms with E-state index in [9.17, 15) is 5.26 Å². The van der Waals surface area contributed by atoms with Crippen LogP contribution in [0.3, 0.4) is 0 Å². The van der Waals surface area contributed by atoms with Gasteiger partial charge in [-0.05, 0) is 45.0 Å². The van der Waals surface area contributed by atoms with Crippen molar-refractivity contribution in [3.8, 4) is 23.2 Å². The highest BCUT2D eigenvalue weighted by atomic mass is 16.5. The third kappa shape index (κ3) is 2.78. The Morgan fingerprint density at radius 1 is 1.12 bits per heavy atom. The molecule has 2 heterocycles. The van der Waals surface area contributed by atoms with E-state index in [1.54, 1.807) is 12.3 Å². The van der Waals surface area contributed by atoms with Crippen molar-refractivity contribution in [2.75, 3.05) is 0 Å². The largest absolute Gasteiger partial charge is 0.483 e. The average molecular weight is 341 g/mol. The van der Waals surface area contributed by atoms with E-state index in [2.05, 4.69) is 52.9 Å². The third-order valence-corrected chi connectivity index (χ3v) is 4.45. The zero-order valence-electron chi connectivity index (χ0n) is 15.0. The highest BCUT2D eigenvalue weighted by Crippen LogP contribution is 2.38. The van der Waals surface area contributed by atoms with Gasteiger partial charge in [-0.2, -0.15) is 5.26 Å².